The molecule has 6 aromatic rings. The van der Waals surface area contributed by atoms with Crippen molar-refractivity contribution in [2.75, 3.05) is 36.8 Å². The van der Waals surface area contributed by atoms with E-state index in [1.54, 1.807) is 111 Å². The van der Waals surface area contributed by atoms with Crippen LogP contribution in [0.15, 0.2) is 144 Å². The van der Waals surface area contributed by atoms with Gasteiger partial charge in [0.05, 0.1) is 31.3 Å². The molecular formula is C47H42N4O8S2. The van der Waals surface area contributed by atoms with E-state index in [9.17, 15) is 24.0 Å². The molecule has 1 heterocycles. The average molecular weight is 855 g/mol. The molecule has 4 N–H and O–H groups in total. The van der Waals surface area contributed by atoms with Gasteiger partial charge in [0.25, 0.3) is 17.7 Å². The lowest BCUT2D eigenvalue weighted by Gasteiger charge is -2.18. The number of ether oxygens (including phenoxy) is 3. The van der Waals surface area contributed by atoms with E-state index in [0.717, 1.165) is 11.3 Å². The number of carbonyl (C=O) groups excluding carboxylic acids is 5. The van der Waals surface area contributed by atoms with Crippen LogP contribution < -0.4 is 30.7 Å². The molecule has 0 radical (unpaired) electrons. The maximum atomic E-state index is 14.4. The third-order valence-corrected chi connectivity index (χ3v) is 11.5. The van der Waals surface area contributed by atoms with Crippen LogP contribution in [0.2, 0.25) is 0 Å². The normalized spacial score (nSPS) is 11.4. The predicted octanol–water partition coefficient (Wildman–Crippen LogP) is 9.38. The van der Waals surface area contributed by atoms with E-state index in [-0.39, 0.29) is 27.7 Å². The molecule has 0 saturated carbocycles. The fraction of sp³-hybridized carbons (Fsp3) is 0.128. The van der Waals surface area contributed by atoms with Crippen LogP contribution in [0.3, 0.4) is 0 Å². The molecular weight excluding hydrogens is 813 g/mol. The highest BCUT2D eigenvalue weighted by Gasteiger charge is 2.30. The molecule has 14 heteroatoms. The Kier molecular flexibility index (Phi) is 14.7. The molecule has 0 fully saturated rings. The van der Waals surface area contributed by atoms with Crippen molar-refractivity contribution in [2.45, 2.75) is 24.0 Å². The number of methoxy groups -OCH3 is 2. The van der Waals surface area contributed by atoms with Crippen molar-refractivity contribution in [1.29, 1.82) is 0 Å². The standard InChI is InChI=1S/C47H42N4O8S2/c1-5-59-47(56)38-29(2)40(44(54)48-33-22-13-8-14-23-33)61-46(38)51-45(55)41(30-17-9-6-10-18-30)60-35-25-16-24-34(28-35)49-43(53)36(50-42(52)31-19-11-7-12-20-31)27-32-21-15-26-37(57-3)39(32)58-4/h6-28,41H,5H2,1-4H3,(H,48,54)(H,49,53)(H,50,52)(H,51,55)/b36-27+. The Labute approximate surface area is 361 Å². The van der Waals surface area contributed by atoms with Crippen LogP contribution in [0.1, 0.15) is 59.3 Å². The Bertz CT molecular complexity index is 2560. The van der Waals surface area contributed by atoms with Gasteiger partial charge in [-0.1, -0.05) is 84.9 Å². The van der Waals surface area contributed by atoms with Crippen molar-refractivity contribution in [3.8, 4) is 11.5 Å². The SMILES string of the molecule is CCOC(=O)c1c(NC(=O)C(Sc2cccc(NC(=O)/C(=C\c3cccc(OC)c3OC)NC(=O)c3ccccc3)c2)c2ccccc2)sc(C(=O)Nc2ccccc2)c1C. The van der Waals surface area contributed by atoms with Gasteiger partial charge in [0.1, 0.15) is 15.9 Å². The summed E-state index contributed by atoms with van der Waals surface area (Å²) < 4.78 is 16.4. The number of anilines is 3. The van der Waals surface area contributed by atoms with Crippen molar-refractivity contribution in [2.24, 2.45) is 0 Å². The number of carbonyl (C=O) groups is 5. The van der Waals surface area contributed by atoms with Gasteiger partial charge in [0, 0.05) is 27.4 Å². The minimum atomic E-state index is -0.854. The van der Waals surface area contributed by atoms with Gasteiger partial charge in [0.15, 0.2) is 11.5 Å². The second kappa shape index (κ2) is 20.7. The molecule has 0 bridgehead atoms. The summed E-state index contributed by atoms with van der Waals surface area (Å²) in [7, 11) is 2.98. The number of rotatable bonds is 16. The van der Waals surface area contributed by atoms with Crippen LogP contribution >= 0.6 is 23.1 Å². The first-order valence-electron chi connectivity index (χ1n) is 19.0. The second-order valence-electron chi connectivity index (χ2n) is 13.1. The molecule has 0 aliphatic carbocycles. The van der Waals surface area contributed by atoms with Crippen molar-refractivity contribution in [1.82, 2.24) is 5.32 Å². The van der Waals surface area contributed by atoms with Gasteiger partial charge in [-0.05, 0) is 79.6 Å². The zero-order valence-electron chi connectivity index (χ0n) is 33.6. The molecule has 0 aliphatic heterocycles. The number of para-hydroxylation sites is 2. The topological polar surface area (TPSA) is 161 Å². The van der Waals surface area contributed by atoms with Crippen molar-refractivity contribution < 1.29 is 38.2 Å². The summed E-state index contributed by atoms with van der Waals surface area (Å²) in [5.74, 6) is -1.89. The number of hydrogen-bond donors (Lipinski definition) is 4. The Morgan fingerprint density at radius 3 is 2.05 bits per heavy atom. The van der Waals surface area contributed by atoms with Gasteiger partial charge in [-0.25, -0.2) is 4.79 Å². The van der Waals surface area contributed by atoms with Gasteiger partial charge in [-0.15, -0.1) is 23.1 Å². The Morgan fingerprint density at radius 2 is 1.38 bits per heavy atom. The van der Waals surface area contributed by atoms with Gasteiger partial charge in [0.2, 0.25) is 5.91 Å². The molecule has 1 aromatic heterocycles. The molecule has 0 saturated heterocycles. The van der Waals surface area contributed by atoms with E-state index in [1.165, 1.54) is 32.1 Å². The lowest BCUT2D eigenvalue weighted by atomic mass is 10.1. The first kappa shape index (κ1) is 43.4. The number of benzene rings is 5. The molecule has 0 spiro atoms. The average Bonchev–Trinajstić information content (AvgIpc) is 3.61. The smallest absolute Gasteiger partial charge is 0.341 e. The van der Waals surface area contributed by atoms with Crippen molar-refractivity contribution in [3.05, 3.63) is 172 Å². The minimum absolute atomic E-state index is 0.0690. The molecule has 1 atom stereocenters. The fourth-order valence-corrected chi connectivity index (χ4v) is 8.34. The number of amides is 4. The quantitative estimate of drug-likeness (QED) is 0.0423. The van der Waals surface area contributed by atoms with Crippen molar-refractivity contribution >= 4 is 75.1 Å². The number of nitrogens with one attached hydrogen (secondary N) is 4. The molecule has 6 rings (SSSR count). The first-order chi connectivity index (χ1) is 29.6. The summed E-state index contributed by atoms with van der Waals surface area (Å²) >= 11 is 2.20. The molecule has 4 amide bonds. The highest BCUT2D eigenvalue weighted by Crippen LogP contribution is 2.40. The first-order valence-corrected chi connectivity index (χ1v) is 20.7. The molecule has 1 unspecified atom stereocenters. The summed E-state index contributed by atoms with van der Waals surface area (Å²) in [6.07, 6.45) is 1.50. The van der Waals surface area contributed by atoms with Crippen molar-refractivity contribution in [3.63, 3.8) is 0 Å². The predicted molar refractivity (Wildman–Crippen MR) is 240 cm³/mol. The summed E-state index contributed by atoms with van der Waals surface area (Å²) in [4.78, 5) is 69.3. The molecule has 0 aliphatic rings. The third-order valence-electron chi connectivity index (χ3n) is 9.05. The van der Waals surface area contributed by atoms with E-state index in [4.69, 9.17) is 14.2 Å². The number of hydrogen-bond acceptors (Lipinski definition) is 10. The van der Waals surface area contributed by atoms with Crippen LogP contribution in [-0.2, 0) is 14.3 Å². The van der Waals surface area contributed by atoms with E-state index < -0.39 is 34.8 Å². The third kappa shape index (κ3) is 10.9. The van der Waals surface area contributed by atoms with E-state index >= 15 is 0 Å². The summed E-state index contributed by atoms with van der Waals surface area (Å²) in [5, 5.41) is 10.7. The van der Waals surface area contributed by atoms with Gasteiger partial charge in [-0.3, -0.25) is 19.2 Å². The second-order valence-corrected chi connectivity index (χ2v) is 15.3. The zero-order valence-corrected chi connectivity index (χ0v) is 35.3. The molecule has 12 nitrogen and oxygen atoms in total. The molecule has 61 heavy (non-hydrogen) atoms. The van der Waals surface area contributed by atoms with Crippen LogP contribution in [0.4, 0.5) is 16.4 Å². The zero-order chi connectivity index (χ0) is 43.3. The maximum Gasteiger partial charge on any atom is 0.341 e. The highest BCUT2D eigenvalue weighted by atomic mass is 32.2. The van der Waals surface area contributed by atoms with Gasteiger partial charge >= 0.3 is 5.97 Å². The summed E-state index contributed by atoms with van der Waals surface area (Å²) in [6.45, 7) is 3.41. The Hall–Kier alpha value is -7.16. The number of thiophene rings is 1. The lowest BCUT2D eigenvalue weighted by molar-refractivity contribution is -0.116. The highest BCUT2D eigenvalue weighted by molar-refractivity contribution is 8.00. The summed E-state index contributed by atoms with van der Waals surface area (Å²) in [5.41, 5.74) is 2.84. The molecule has 5 aromatic carbocycles. The van der Waals surface area contributed by atoms with Gasteiger partial charge < -0.3 is 35.5 Å². The Morgan fingerprint density at radius 1 is 0.721 bits per heavy atom. The lowest BCUT2D eigenvalue weighted by Crippen LogP contribution is -2.30. The number of thioether (sulfide) groups is 1. The number of esters is 1. The van der Waals surface area contributed by atoms with Crippen LogP contribution in [0.25, 0.3) is 6.08 Å². The van der Waals surface area contributed by atoms with E-state index in [1.807, 2.05) is 36.4 Å². The maximum absolute atomic E-state index is 14.4. The minimum Gasteiger partial charge on any atom is -0.493 e. The van der Waals surface area contributed by atoms with Crippen LogP contribution in [0, 0.1) is 6.92 Å². The van der Waals surface area contributed by atoms with Gasteiger partial charge in [-0.2, -0.15) is 0 Å². The van der Waals surface area contributed by atoms with E-state index in [2.05, 4.69) is 21.3 Å². The molecule has 310 valence electrons. The van der Waals surface area contributed by atoms with E-state index in [0.29, 0.717) is 50.0 Å². The summed E-state index contributed by atoms with van der Waals surface area (Å²) in [6, 6.07) is 38.6. The van der Waals surface area contributed by atoms with Crippen LogP contribution in [-0.4, -0.2) is 50.4 Å². The Balaban J connectivity index is 1.28. The monoisotopic (exact) mass is 854 g/mol. The largest absolute Gasteiger partial charge is 0.493 e. The van der Waals surface area contributed by atoms with Crippen LogP contribution in [0.5, 0.6) is 11.5 Å². The fourth-order valence-electron chi connectivity index (χ4n) is 6.16.